The Labute approximate surface area is 102 Å². The van der Waals surface area contributed by atoms with E-state index in [-0.39, 0.29) is 5.54 Å². The SMILES string of the molecule is CC(C)(C)n1nc2ncc(Br)cc2c1Cl. The van der Waals surface area contributed by atoms with Gasteiger partial charge in [-0.15, -0.1) is 0 Å². The van der Waals surface area contributed by atoms with Crippen LogP contribution >= 0.6 is 27.5 Å². The van der Waals surface area contributed by atoms with Crippen LogP contribution in [-0.2, 0) is 5.54 Å². The van der Waals surface area contributed by atoms with Crippen LogP contribution in [0.25, 0.3) is 11.0 Å². The summed E-state index contributed by atoms with van der Waals surface area (Å²) in [5, 5.41) is 5.88. The molecule has 0 radical (unpaired) electrons. The average Bonchev–Trinajstić information content (AvgIpc) is 2.43. The van der Waals surface area contributed by atoms with Crippen molar-refractivity contribution in [2.75, 3.05) is 0 Å². The lowest BCUT2D eigenvalue weighted by atomic mass is 10.1. The monoisotopic (exact) mass is 287 g/mol. The van der Waals surface area contributed by atoms with Crippen LogP contribution in [-0.4, -0.2) is 14.8 Å². The third-order valence-electron chi connectivity index (χ3n) is 2.07. The van der Waals surface area contributed by atoms with Crippen molar-refractivity contribution in [1.82, 2.24) is 14.8 Å². The molecule has 0 aliphatic carbocycles. The second-order valence-corrected chi connectivity index (χ2v) is 5.67. The molecule has 0 bridgehead atoms. The molecule has 0 aliphatic rings. The molecule has 0 unspecified atom stereocenters. The van der Waals surface area contributed by atoms with Crippen molar-refractivity contribution >= 4 is 38.6 Å². The summed E-state index contributed by atoms with van der Waals surface area (Å²) in [6, 6.07) is 1.93. The Morgan fingerprint density at radius 1 is 1.40 bits per heavy atom. The summed E-state index contributed by atoms with van der Waals surface area (Å²) in [7, 11) is 0. The molecule has 0 saturated heterocycles. The maximum absolute atomic E-state index is 6.25. The van der Waals surface area contributed by atoms with Crippen LogP contribution in [0.3, 0.4) is 0 Å². The number of halogens is 2. The molecule has 0 atom stereocenters. The number of aromatic nitrogens is 3. The maximum atomic E-state index is 6.25. The molecule has 15 heavy (non-hydrogen) atoms. The number of hydrogen-bond donors (Lipinski definition) is 0. The molecule has 0 fully saturated rings. The summed E-state index contributed by atoms with van der Waals surface area (Å²) in [5.41, 5.74) is 0.544. The smallest absolute Gasteiger partial charge is 0.182 e. The molecule has 0 aliphatic heterocycles. The average molecular weight is 289 g/mol. The molecule has 0 aromatic carbocycles. The molecule has 3 nitrogen and oxygen atoms in total. The number of fused-ring (bicyclic) bond motifs is 1. The molecule has 2 aromatic heterocycles. The maximum Gasteiger partial charge on any atom is 0.182 e. The number of nitrogens with zero attached hydrogens (tertiary/aromatic N) is 3. The molecule has 0 spiro atoms. The summed E-state index contributed by atoms with van der Waals surface area (Å²) in [4.78, 5) is 4.21. The van der Waals surface area contributed by atoms with Crippen molar-refractivity contribution in [2.24, 2.45) is 0 Å². The fraction of sp³-hybridized carbons (Fsp3) is 0.400. The second-order valence-electron chi connectivity index (χ2n) is 4.40. The lowest BCUT2D eigenvalue weighted by molar-refractivity contribution is 0.358. The van der Waals surface area contributed by atoms with Gasteiger partial charge in [-0.2, -0.15) is 5.10 Å². The highest BCUT2D eigenvalue weighted by Gasteiger charge is 2.20. The first-order valence-electron chi connectivity index (χ1n) is 4.60. The van der Waals surface area contributed by atoms with Gasteiger partial charge in [-0.05, 0) is 42.8 Å². The Hall–Kier alpha value is -0.610. The standard InChI is InChI=1S/C10H11BrClN3/c1-10(2,3)15-8(12)7-4-6(11)5-13-9(7)14-15/h4-5H,1-3H3. The van der Waals surface area contributed by atoms with Gasteiger partial charge in [-0.3, -0.25) is 0 Å². The minimum absolute atomic E-state index is 0.135. The van der Waals surface area contributed by atoms with Crippen LogP contribution in [0.15, 0.2) is 16.7 Å². The Kier molecular flexibility index (Phi) is 2.51. The van der Waals surface area contributed by atoms with Crippen LogP contribution in [0.5, 0.6) is 0 Å². The highest BCUT2D eigenvalue weighted by atomic mass is 79.9. The molecule has 80 valence electrons. The zero-order valence-electron chi connectivity index (χ0n) is 8.75. The molecule has 0 amide bonds. The summed E-state index contributed by atoms with van der Waals surface area (Å²) in [6.07, 6.45) is 1.72. The molecule has 0 N–H and O–H groups in total. The van der Waals surface area contributed by atoms with E-state index in [9.17, 15) is 0 Å². The number of rotatable bonds is 0. The zero-order valence-corrected chi connectivity index (χ0v) is 11.1. The molecular formula is C10H11BrClN3. The number of hydrogen-bond acceptors (Lipinski definition) is 2. The van der Waals surface area contributed by atoms with Crippen molar-refractivity contribution < 1.29 is 0 Å². The third-order valence-corrected chi connectivity index (χ3v) is 2.87. The van der Waals surface area contributed by atoms with Gasteiger partial charge >= 0.3 is 0 Å². The Balaban J connectivity index is 2.76. The van der Waals surface area contributed by atoms with E-state index in [2.05, 4.69) is 46.8 Å². The van der Waals surface area contributed by atoms with Gasteiger partial charge in [0, 0.05) is 10.7 Å². The lowest BCUT2D eigenvalue weighted by Crippen LogP contribution is -2.23. The lowest BCUT2D eigenvalue weighted by Gasteiger charge is -2.19. The summed E-state index contributed by atoms with van der Waals surface area (Å²) in [6.45, 7) is 6.17. The molecule has 2 heterocycles. The van der Waals surface area contributed by atoms with E-state index in [4.69, 9.17) is 11.6 Å². The van der Waals surface area contributed by atoms with E-state index in [0.29, 0.717) is 10.8 Å². The first-order valence-corrected chi connectivity index (χ1v) is 5.77. The normalized spacial score (nSPS) is 12.3. The van der Waals surface area contributed by atoms with E-state index >= 15 is 0 Å². The van der Waals surface area contributed by atoms with Crippen LogP contribution in [0.1, 0.15) is 20.8 Å². The first-order chi connectivity index (χ1) is 6.89. The topological polar surface area (TPSA) is 30.7 Å². The van der Waals surface area contributed by atoms with Gasteiger partial charge < -0.3 is 0 Å². The van der Waals surface area contributed by atoms with Crippen LogP contribution in [0, 0.1) is 0 Å². The van der Waals surface area contributed by atoms with Gasteiger partial charge in [0.25, 0.3) is 0 Å². The van der Waals surface area contributed by atoms with Gasteiger partial charge in [0.05, 0.1) is 10.9 Å². The van der Waals surface area contributed by atoms with Crippen LogP contribution in [0.4, 0.5) is 0 Å². The van der Waals surface area contributed by atoms with E-state index < -0.39 is 0 Å². The van der Waals surface area contributed by atoms with Crippen molar-refractivity contribution in [2.45, 2.75) is 26.3 Å². The van der Waals surface area contributed by atoms with E-state index in [1.807, 2.05) is 6.07 Å². The zero-order chi connectivity index (χ0) is 11.2. The van der Waals surface area contributed by atoms with Gasteiger partial charge in [-0.1, -0.05) is 11.6 Å². The molecular weight excluding hydrogens is 277 g/mol. The Morgan fingerprint density at radius 3 is 2.67 bits per heavy atom. The highest BCUT2D eigenvalue weighted by Crippen LogP contribution is 2.28. The molecule has 2 rings (SSSR count). The fourth-order valence-corrected chi connectivity index (χ4v) is 2.12. The Morgan fingerprint density at radius 2 is 2.07 bits per heavy atom. The third kappa shape index (κ3) is 1.88. The molecule has 5 heteroatoms. The predicted molar refractivity (Wildman–Crippen MR) is 65.2 cm³/mol. The van der Waals surface area contributed by atoms with Crippen molar-refractivity contribution in [3.05, 3.63) is 21.9 Å². The molecule has 0 saturated carbocycles. The summed E-state index contributed by atoms with van der Waals surface area (Å²) in [5.74, 6) is 0. The van der Waals surface area contributed by atoms with E-state index in [0.717, 1.165) is 9.86 Å². The quantitative estimate of drug-likeness (QED) is 0.741. The predicted octanol–water partition coefficient (Wildman–Crippen LogP) is 3.60. The first kappa shape index (κ1) is 10.9. The highest BCUT2D eigenvalue weighted by molar-refractivity contribution is 9.10. The summed E-state index contributed by atoms with van der Waals surface area (Å²) < 4.78 is 2.70. The number of pyridine rings is 1. The minimum Gasteiger partial charge on any atom is -0.246 e. The molecule has 2 aromatic rings. The largest absolute Gasteiger partial charge is 0.246 e. The fourth-order valence-electron chi connectivity index (χ4n) is 1.36. The minimum atomic E-state index is -0.135. The van der Waals surface area contributed by atoms with Gasteiger partial charge in [0.2, 0.25) is 0 Å². The van der Waals surface area contributed by atoms with Crippen molar-refractivity contribution in [3.63, 3.8) is 0 Å². The van der Waals surface area contributed by atoms with Gasteiger partial charge in [0.1, 0.15) is 5.15 Å². The van der Waals surface area contributed by atoms with E-state index in [1.54, 1.807) is 10.9 Å². The second kappa shape index (κ2) is 3.46. The Bertz CT molecular complexity index is 513. The van der Waals surface area contributed by atoms with Gasteiger partial charge in [0.15, 0.2) is 5.65 Å². The van der Waals surface area contributed by atoms with Crippen molar-refractivity contribution in [3.8, 4) is 0 Å². The van der Waals surface area contributed by atoms with Gasteiger partial charge in [-0.25, -0.2) is 9.67 Å². The van der Waals surface area contributed by atoms with Crippen molar-refractivity contribution in [1.29, 1.82) is 0 Å². The van der Waals surface area contributed by atoms with E-state index in [1.165, 1.54) is 0 Å². The van der Waals surface area contributed by atoms with Crippen LogP contribution < -0.4 is 0 Å². The summed E-state index contributed by atoms with van der Waals surface area (Å²) >= 11 is 9.62. The van der Waals surface area contributed by atoms with Crippen LogP contribution in [0.2, 0.25) is 5.15 Å².